The minimum Gasteiger partial charge on any atom is -0.326 e. The smallest absolute Gasteiger partial charge is 0.225 e. The van der Waals surface area contributed by atoms with Crippen LogP contribution in [0.1, 0.15) is 88.4 Å². The van der Waals surface area contributed by atoms with Crippen molar-refractivity contribution in [2.75, 3.05) is 31.5 Å². The molecule has 3 unspecified atom stereocenters. The predicted molar refractivity (Wildman–Crippen MR) is 164 cm³/mol. The molecule has 1 aromatic rings. The molecule has 2 fully saturated rings. The Hall–Kier alpha value is -3.10. The average Bonchev–Trinajstić information content (AvgIpc) is 2.99. The van der Waals surface area contributed by atoms with Crippen LogP contribution in [0.15, 0.2) is 47.1 Å². The van der Waals surface area contributed by atoms with Crippen LogP contribution >= 0.6 is 0 Å². The number of hydrogen-bond acceptors (Lipinski definition) is 6. The number of hydrogen-bond donors (Lipinski definition) is 2. The zero-order chi connectivity index (χ0) is 28.8. The molecule has 0 radical (unpaired) electrons. The summed E-state index contributed by atoms with van der Waals surface area (Å²) >= 11 is 0. The molecule has 3 aliphatic heterocycles. The number of fused-ring (bicyclic) bond motifs is 2. The van der Waals surface area contributed by atoms with Gasteiger partial charge in [0.25, 0.3) is 0 Å². The van der Waals surface area contributed by atoms with Crippen LogP contribution in [0.3, 0.4) is 0 Å². The van der Waals surface area contributed by atoms with Crippen molar-refractivity contribution in [3.8, 4) is 0 Å². The van der Waals surface area contributed by atoms with E-state index in [2.05, 4.69) is 34.3 Å². The Balaban J connectivity index is 1.19. The molecule has 8 nitrogen and oxygen atoms in total. The van der Waals surface area contributed by atoms with Crippen LogP contribution < -0.4 is 10.6 Å². The first-order valence-corrected chi connectivity index (χ1v) is 15.7. The van der Waals surface area contributed by atoms with Crippen molar-refractivity contribution in [3.05, 3.63) is 47.7 Å². The summed E-state index contributed by atoms with van der Waals surface area (Å²) in [7, 11) is 0. The van der Waals surface area contributed by atoms with Gasteiger partial charge < -0.3 is 10.6 Å². The van der Waals surface area contributed by atoms with Gasteiger partial charge in [-0.1, -0.05) is 32.8 Å². The number of allylic oxidation sites excluding steroid dienone is 3. The quantitative estimate of drug-likeness (QED) is 0.401. The molecule has 5 rings (SSSR count). The second-order valence-corrected chi connectivity index (χ2v) is 11.9. The second-order valence-electron chi connectivity index (χ2n) is 11.9. The lowest BCUT2D eigenvalue weighted by Gasteiger charge is -2.35. The van der Waals surface area contributed by atoms with Crippen molar-refractivity contribution >= 4 is 34.7 Å². The summed E-state index contributed by atoms with van der Waals surface area (Å²) in [6, 6.07) is 6.46. The number of anilines is 1. The Labute approximate surface area is 244 Å². The van der Waals surface area contributed by atoms with E-state index in [9.17, 15) is 14.4 Å². The minimum absolute atomic E-state index is 0.0211. The van der Waals surface area contributed by atoms with E-state index in [0.717, 1.165) is 39.0 Å². The average molecular weight is 560 g/mol. The topological polar surface area (TPSA) is 94.1 Å². The van der Waals surface area contributed by atoms with Crippen molar-refractivity contribution in [3.63, 3.8) is 0 Å². The van der Waals surface area contributed by atoms with Gasteiger partial charge >= 0.3 is 0 Å². The van der Waals surface area contributed by atoms with Gasteiger partial charge in [-0.05, 0) is 82.0 Å². The number of benzene rings is 1. The van der Waals surface area contributed by atoms with Gasteiger partial charge in [0.2, 0.25) is 11.8 Å². The number of likely N-dealkylation sites (tertiary alicyclic amines) is 2. The SMILES string of the molecule is CCC1CCCCN1CCC(=O)NC1=CC2=Nc3cc(NC(=O)CCN4CCCCC4CC)ccc3C(=O)C2C=C1. The molecule has 0 bridgehead atoms. The number of rotatable bonds is 10. The largest absolute Gasteiger partial charge is 0.326 e. The summed E-state index contributed by atoms with van der Waals surface area (Å²) in [5, 5.41) is 6.00. The molecule has 2 saturated heterocycles. The number of nitrogens with zero attached hydrogens (tertiary/aromatic N) is 3. The molecule has 2 N–H and O–H groups in total. The first-order valence-electron chi connectivity index (χ1n) is 15.7. The van der Waals surface area contributed by atoms with Crippen LogP contribution in [-0.4, -0.2) is 71.4 Å². The Bertz CT molecular complexity index is 1240. The molecule has 4 aliphatic rings. The van der Waals surface area contributed by atoms with Gasteiger partial charge in [-0.2, -0.15) is 0 Å². The predicted octanol–water partition coefficient (Wildman–Crippen LogP) is 5.39. The Kier molecular flexibility index (Phi) is 9.83. The number of nitrogens with one attached hydrogen (secondary N) is 2. The lowest BCUT2D eigenvalue weighted by Crippen LogP contribution is -2.41. The van der Waals surface area contributed by atoms with Gasteiger partial charge in [0, 0.05) is 55.0 Å². The number of carbonyl (C=O) groups is 3. The third kappa shape index (κ3) is 7.22. The van der Waals surface area contributed by atoms with Gasteiger partial charge in [-0.3, -0.25) is 29.2 Å². The van der Waals surface area contributed by atoms with Crippen molar-refractivity contribution in [2.45, 2.75) is 90.1 Å². The Morgan fingerprint density at radius 3 is 2.17 bits per heavy atom. The molecule has 220 valence electrons. The monoisotopic (exact) mass is 559 g/mol. The van der Waals surface area contributed by atoms with E-state index in [0.29, 0.717) is 53.3 Å². The maximum atomic E-state index is 13.2. The van der Waals surface area contributed by atoms with Crippen LogP contribution in [0, 0.1) is 5.92 Å². The van der Waals surface area contributed by atoms with Crippen molar-refractivity contribution in [1.82, 2.24) is 15.1 Å². The fraction of sp³-hybridized carbons (Fsp3) is 0.576. The minimum atomic E-state index is -0.460. The molecular formula is C33H45N5O3. The van der Waals surface area contributed by atoms with Gasteiger partial charge in [-0.25, -0.2) is 0 Å². The highest BCUT2D eigenvalue weighted by molar-refractivity contribution is 6.23. The maximum Gasteiger partial charge on any atom is 0.225 e. The number of piperidine rings is 2. The Morgan fingerprint density at radius 1 is 0.902 bits per heavy atom. The second kappa shape index (κ2) is 13.7. The molecular weight excluding hydrogens is 514 g/mol. The zero-order valence-corrected chi connectivity index (χ0v) is 24.7. The van der Waals surface area contributed by atoms with Gasteiger partial charge in [0.05, 0.1) is 17.3 Å². The molecule has 0 saturated carbocycles. The van der Waals surface area contributed by atoms with Gasteiger partial charge in [0.1, 0.15) is 0 Å². The number of ketones is 1. The summed E-state index contributed by atoms with van der Waals surface area (Å²) in [6.07, 6.45) is 15.9. The van der Waals surface area contributed by atoms with Crippen molar-refractivity contribution in [2.24, 2.45) is 10.9 Å². The third-order valence-electron chi connectivity index (χ3n) is 9.15. The van der Waals surface area contributed by atoms with E-state index in [-0.39, 0.29) is 17.6 Å². The summed E-state index contributed by atoms with van der Waals surface area (Å²) in [5.41, 5.74) is 3.01. The van der Waals surface area contributed by atoms with E-state index in [1.807, 2.05) is 6.08 Å². The molecule has 2 amide bonds. The van der Waals surface area contributed by atoms with Crippen LogP contribution in [0.5, 0.6) is 0 Å². The van der Waals surface area contributed by atoms with Crippen molar-refractivity contribution < 1.29 is 14.4 Å². The lowest BCUT2D eigenvalue weighted by atomic mass is 9.86. The van der Waals surface area contributed by atoms with E-state index in [4.69, 9.17) is 4.99 Å². The van der Waals surface area contributed by atoms with E-state index >= 15 is 0 Å². The number of amides is 2. The molecule has 8 heteroatoms. The van der Waals surface area contributed by atoms with Crippen LogP contribution in [0.2, 0.25) is 0 Å². The lowest BCUT2D eigenvalue weighted by molar-refractivity contribution is -0.121. The highest BCUT2D eigenvalue weighted by Gasteiger charge is 2.31. The summed E-state index contributed by atoms with van der Waals surface area (Å²) in [5.74, 6) is -0.536. The molecule has 1 aliphatic carbocycles. The normalized spacial score (nSPS) is 24.6. The number of aliphatic imine (C=N–C) groups is 1. The summed E-state index contributed by atoms with van der Waals surface area (Å²) < 4.78 is 0. The number of Topliss-reactive ketones (excluding diaryl/α,β-unsaturated/α-hetero) is 1. The molecule has 3 heterocycles. The molecule has 0 spiro atoms. The van der Waals surface area contributed by atoms with Crippen LogP contribution in [-0.2, 0) is 9.59 Å². The molecule has 41 heavy (non-hydrogen) atoms. The highest BCUT2D eigenvalue weighted by atomic mass is 16.2. The first kappa shape index (κ1) is 29.4. The maximum absolute atomic E-state index is 13.2. The van der Waals surface area contributed by atoms with E-state index < -0.39 is 5.92 Å². The number of carbonyl (C=O) groups excluding carboxylic acids is 3. The fourth-order valence-electron chi connectivity index (χ4n) is 6.78. The highest BCUT2D eigenvalue weighted by Crippen LogP contribution is 2.34. The van der Waals surface area contributed by atoms with Gasteiger partial charge in [0.15, 0.2) is 5.78 Å². The van der Waals surface area contributed by atoms with Crippen molar-refractivity contribution in [1.29, 1.82) is 0 Å². The zero-order valence-electron chi connectivity index (χ0n) is 24.7. The third-order valence-corrected chi connectivity index (χ3v) is 9.15. The standard InChI is InChI=1S/C33H45N5O3/c1-3-25-9-5-7-17-37(25)19-15-31(39)34-23-11-13-27-29(21-23)36-30-22-24(12-14-28(30)33(27)41)35-32(40)16-20-38-18-8-6-10-26(38)4-2/h11-14,21-22,25-27H,3-10,15-20H2,1-2H3,(H,34,39)(H,35,40). The van der Waals surface area contributed by atoms with Gasteiger partial charge in [-0.15, -0.1) is 0 Å². The van der Waals surface area contributed by atoms with Crippen LogP contribution in [0.25, 0.3) is 0 Å². The molecule has 0 aromatic heterocycles. The van der Waals surface area contributed by atoms with E-state index in [1.54, 1.807) is 30.4 Å². The van der Waals surface area contributed by atoms with Crippen LogP contribution in [0.4, 0.5) is 11.4 Å². The summed E-state index contributed by atoms with van der Waals surface area (Å²) in [6.45, 7) is 8.09. The Morgan fingerprint density at radius 2 is 1.54 bits per heavy atom. The molecule has 3 atom stereocenters. The summed E-state index contributed by atoms with van der Waals surface area (Å²) in [4.78, 5) is 48.4. The molecule has 1 aromatic carbocycles. The first-order chi connectivity index (χ1) is 19.9. The fourth-order valence-corrected chi connectivity index (χ4v) is 6.78. The van der Waals surface area contributed by atoms with E-state index in [1.165, 1.54) is 38.5 Å².